The van der Waals surface area contributed by atoms with Gasteiger partial charge in [0.15, 0.2) is 0 Å². The first kappa shape index (κ1) is 25.1. The summed E-state index contributed by atoms with van der Waals surface area (Å²) in [5.41, 5.74) is 12.2. The fourth-order valence-electron chi connectivity index (χ4n) is 7.44. The molecule has 0 saturated heterocycles. The third-order valence-electron chi connectivity index (χ3n) is 9.65. The second-order valence-corrected chi connectivity index (χ2v) is 12.7. The molecule has 0 aromatic heterocycles. The van der Waals surface area contributed by atoms with Gasteiger partial charge in [0, 0.05) is 5.41 Å². The highest BCUT2D eigenvalue weighted by molar-refractivity contribution is 6.23. The van der Waals surface area contributed by atoms with Crippen molar-refractivity contribution in [2.45, 2.75) is 39.0 Å². The normalized spacial score (nSPS) is 13.6. The molecule has 1 aliphatic carbocycles. The summed E-state index contributed by atoms with van der Waals surface area (Å²) in [7, 11) is 0. The van der Waals surface area contributed by atoms with E-state index in [1.807, 2.05) is 0 Å². The molecule has 7 aromatic carbocycles. The van der Waals surface area contributed by atoms with Crippen molar-refractivity contribution in [2.75, 3.05) is 0 Å². The average Bonchev–Trinajstić information content (AvgIpc) is 3.25. The van der Waals surface area contributed by atoms with Crippen LogP contribution in [0.15, 0.2) is 127 Å². The maximum atomic E-state index is 2.48. The fourth-order valence-corrected chi connectivity index (χ4v) is 7.44. The summed E-state index contributed by atoms with van der Waals surface area (Å²) in [4.78, 5) is 0. The van der Waals surface area contributed by atoms with E-state index in [-0.39, 0.29) is 5.41 Å². The standard InChI is InChI=1S/C42H34/c1-26(2)28-20-22-31-32-23-21-29(25-39(32)42(3,4)38(31)24-28)40-34-15-7-9-17-36(34)41(37-18-10-8-16-35(37)40)33-19-11-13-27-12-5-6-14-30(27)33/h5-26H,1-4H3. The van der Waals surface area contributed by atoms with Crippen molar-refractivity contribution in [3.8, 4) is 33.4 Å². The van der Waals surface area contributed by atoms with Gasteiger partial charge < -0.3 is 0 Å². The molecule has 0 atom stereocenters. The summed E-state index contributed by atoms with van der Waals surface area (Å²) in [5.74, 6) is 0.517. The second kappa shape index (κ2) is 9.16. The van der Waals surface area contributed by atoms with Crippen LogP contribution < -0.4 is 0 Å². The van der Waals surface area contributed by atoms with Crippen LogP contribution in [0.4, 0.5) is 0 Å². The van der Waals surface area contributed by atoms with Gasteiger partial charge in [-0.2, -0.15) is 0 Å². The molecule has 0 heteroatoms. The molecular weight excluding hydrogens is 504 g/mol. The van der Waals surface area contributed by atoms with Gasteiger partial charge >= 0.3 is 0 Å². The van der Waals surface area contributed by atoms with Gasteiger partial charge in [0.05, 0.1) is 0 Å². The van der Waals surface area contributed by atoms with Crippen LogP contribution in [-0.2, 0) is 5.41 Å². The molecule has 0 heterocycles. The van der Waals surface area contributed by atoms with Crippen molar-refractivity contribution in [1.82, 2.24) is 0 Å². The zero-order chi connectivity index (χ0) is 28.6. The summed E-state index contributed by atoms with van der Waals surface area (Å²) in [6, 6.07) is 47.8. The van der Waals surface area contributed by atoms with Crippen LogP contribution in [0.1, 0.15) is 50.3 Å². The third-order valence-corrected chi connectivity index (χ3v) is 9.65. The number of benzene rings is 7. The van der Waals surface area contributed by atoms with Gasteiger partial charge in [-0.25, -0.2) is 0 Å². The Kier molecular flexibility index (Phi) is 5.47. The van der Waals surface area contributed by atoms with Crippen LogP contribution in [0, 0.1) is 0 Å². The van der Waals surface area contributed by atoms with Gasteiger partial charge in [-0.3, -0.25) is 0 Å². The van der Waals surface area contributed by atoms with Gasteiger partial charge in [-0.05, 0) is 94.4 Å². The second-order valence-electron chi connectivity index (χ2n) is 12.7. The predicted octanol–water partition coefficient (Wildman–Crippen LogP) is 11.9. The summed E-state index contributed by atoms with van der Waals surface area (Å²) in [6.45, 7) is 9.36. The Bertz CT molecular complexity index is 2130. The molecule has 7 aromatic rings. The maximum Gasteiger partial charge on any atom is 0.0159 e. The van der Waals surface area contributed by atoms with Crippen molar-refractivity contribution in [2.24, 2.45) is 0 Å². The zero-order valence-corrected chi connectivity index (χ0v) is 24.7. The molecule has 0 N–H and O–H groups in total. The monoisotopic (exact) mass is 538 g/mol. The lowest BCUT2D eigenvalue weighted by Crippen LogP contribution is -2.15. The SMILES string of the molecule is CC(C)c1ccc2c(c1)C(C)(C)c1cc(-c3c4ccccc4c(-c4cccc5ccccc45)c4ccccc34)ccc1-2. The Balaban J connectivity index is 1.42. The van der Waals surface area contributed by atoms with Crippen LogP contribution >= 0.6 is 0 Å². The summed E-state index contributed by atoms with van der Waals surface area (Å²) in [6.07, 6.45) is 0. The van der Waals surface area contributed by atoms with E-state index in [1.165, 1.54) is 82.4 Å². The van der Waals surface area contributed by atoms with E-state index in [0.29, 0.717) is 5.92 Å². The maximum absolute atomic E-state index is 2.48. The first-order valence-electron chi connectivity index (χ1n) is 15.1. The zero-order valence-electron chi connectivity index (χ0n) is 24.7. The van der Waals surface area contributed by atoms with Crippen LogP contribution in [0.3, 0.4) is 0 Å². The highest BCUT2D eigenvalue weighted by Crippen LogP contribution is 2.52. The smallest absolute Gasteiger partial charge is 0.0159 e. The molecule has 0 radical (unpaired) electrons. The number of rotatable bonds is 3. The predicted molar refractivity (Wildman–Crippen MR) is 181 cm³/mol. The highest BCUT2D eigenvalue weighted by atomic mass is 14.4. The highest BCUT2D eigenvalue weighted by Gasteiger charge is 2.36. The van der Waals surface area contributed by atoms with E-state index >= 15 is 0 Å². The number of fused-ring (bicyclic) bond motifs is 6. The molecule has 0 fully saturated rings. The first-order valence-corrected chi connectivity index (χ1v) is 15.1. The average molecular weight is 539 g/mol. The van der Waals surface area contributed by atoms with E-state index in [2.05, 4.69) is 155 Å². The largest absolute Gasteiger partial charge is 0.0616 e. The molecule has 0 spiro atoms. The molecule has 202 valence electrons. The molecule has 0 nitrogen and oxygen atoms in total. The van der Waals surface area contributed by atoms with Crippen LogP contribution in [0.25, 0.3) is 65.7 Å². The van der Waals surface area contributed by atoms with E-state index in [9.17, 15) is 0 Å². The molecule has 0 aliphatic heterocycles. The molecule has 0 saturated carbocycles. The Hall–Kier alpha value is -4.68. The Morgan fingerprint density at radius 1 is 0.452 bits per heavy atom. The Morgan fingerprint density at radius 2 is 0.976 bits per heavy atom. The molecule has 0 unspecified atom stereocenters. The minimum atomic E-state index is -0.0555. The van der Waals surface area contributed by atoms with E-state index in [4.69, 9.17) is 0 Å². The van der Waals surface area contributed by atoms with Crippen molar-refractivity contribution in [3.05, 3.63) is 144 Å². The van der Waals surface area contributed by atoms with Gasteiger partial charge in [-0.1, -0.05) is 149 Å². The molecule has 1 aliphatic rings. The van der Waals surface area contributed by atoms with Crippen LogP contribution in [-0.4, -0.2) is 0 Å². The Labute approximate surface area is 248 Å². The van der Waals surface area contributed by atoms with E-state index in [1.54, 1.807) is 0 Å². The Morgan fingerprint density at radius 3 is 1.62 bits per heavy atom. The summed E-state index contributed by atoms with van der Waals surface area (Å²) >= 11 is 0. The quantitative estimate of drug-likeness (QED) is 0.196. The van der Waals surface area contributed by atoms with Crippen LogP contribution in [0.5, 0.6) is 0 Å². The minimum absolute atomic E-state index is 0.0555. The van der Waals surface area contributed by atoms with Crippen LogP contribution in [0.2, 0.25) is 0 Å². The lowest BCUT2D eigenvalue weighted by Gasteiger charge is -2.24. The van der Waals surface area contributed by atoms with Crippen molar-refractivity contribution < 1.29 is 0 Å². The molecule has 0 bridgehead atoms. The number of hydrogen-bond acceptors (Lipinski definition) is 0. The van der Waals surface area contributed by atoms with E-state index in [0.717, 1.165) is 0 Å². The third kappa shape index (κ3) is 3.55. The van der Waals surface area contributed by atoms with Crippen molar-refractivity contribution in [1.29, 1.82) is 0 Å². The topological polar surface area (TPSA) is 0 Å². The molecule has 8 rings (SSSR count). The van der Waals surface area contributed by atoms with Crippen molar-refractivity contribution in [3.63, 3.8) is 0 Å². The van der Waals surface area contributed by atoms with Gasteiger partial charge in [0.2, 0.25) is 0 Å². The summed E-state index contributed by atoms with van der Waals surface area (Å²) < 4.78 is 0. The molecule has 0 amide bonds. The van der Waals surface area contributed by atoms with E-state index < -0.39 is 0 Å². The lowest BCUT2D eigenvalue weighted by molar-refractivity contribution is 0.658. The lowest BCUT2D eigenvalue weighted by atomic mass is 9.79. The van der Waals surface area contributed by atoms with Gasteiger partial charge in [0.25, 0.3) is 0 Å². The van der Waals surface area contributed by atoms with Gasteiger partial charge in [0.1, 0.15) is 0 Å². The van der Waals surface area contributed by atoms with Crippen molar-refractivity contribution >= 4 is 32.3 Å². The van der Waals surface area contributed by atoms with Gasteiger partial charge in [-0.15, -0.1) is 0 Å². The molecule has 42 heavy (non-hydrogen) atoms. The molecular formula is C42H34. The number of hydrogen-bond donors (Lipinski definition) is 0. The first-order chi connectivity index (χ1) is 20.4. The summed E-state index contributed by atoms with van der Waals surface area (Å²) in [5, 5.41) is 7.76. The minimum Gasteiger partial charge on any atom is -0.0616 e. The fraction of sp³-hybridized carbons (Fsp3) is 0.143.